The van der Waals surface area contributed by atoms with Gasteiger partial charge >= 0.3 is 0 Å². The van der Waals surface area contributed by atoms with Crippen molar-refractivity contribution in [2.24, 2.45) is 0 Å². The third-order valence-electron chi connectivity index (χ3n) is 4.45. The fourth-order valence-corrected chi connectivity index (χ4v) is 3.04. The van der Waals surface area contributed by atoms with Gasteiger partial charge in [-0.3, -0.25) is 9.89 Å². The first-order chi connectivity index (χ1) is 12.1. The fraction of sp³-hybridized carbons (Fsp3) is 0.471. The summed E-state index contributed by atoms with van der Waals surface area (Å²) in [6.07, 6.45) is 2.30. The van der Waals surface area contributed by atoms with Crippen LogP contribution in [0.5, 0.6) is 5.75 Å². The Labute approximate surface area is 145 Å². The summed E-state index contributed by atoms with van der Waals surface area (Å²) in [6, 6.07) is 4.54. The summed E-state index contributed by atoms with van der Waals surface area (Å²) >= 11 is 0. The van der Waals surface area contributed by atoms with Gasteiger partial charge in [0.1, 0.15) is 12.2 Å². The Hall–Kier alpha value is -2.48. The molecular formula is C17H21FN4O3. The van der Waals surface area contributed by atoms with Crippen molar-refractivity contribution in [1.29, 1.82) is 0 Å². The molecule has 1 aromatic heterocycles. The average molecular weight is 348 g/mol. The van der Waals surface area contributed by atoms with Crippen LogP contribution in [-0.4, -0.2) is 59.4 Å². The maximum Gasteiger partial charge on any atom is 0.226 e. The molecule has 0 aliphatic carbocycles. The maximum atomic E-state index is 13.8. The summed E-state index contributed by atoms with van der Waals surface area (Å²) in [4.78, 5) is 18.2. The Balaban J connectivity index is 1.60. The number of hydrogen-bond donors (Lipinski definition) is 1. The second-order valence-electron chi connectivity index (χ2n) is 6.10. The Morgan fingerprint density at radius 2 is 2.36 bits per heavy atom. The minimum atomic E-state index is -0.472. The van der Waals surface area contributed by atoms with Gasteiger partial charge < -0.3 is 14.4 Å². The molecule has 1 amide bonds. The summed E-state index contributed by atoms with van der Waals surface area (Å²) in [6.45, 7) is 1.07. The molecule has 1 N–H and O–H groups in total. The molecule has 134 valence electrons. The van der Waals surface area contributed by atoms with Crippen LogP contribution >= 0.6 is 0 Å². The van der Waals surface area contributed by atoms with E-state index < -0.39 is 5.82 Å². The predicted octanol–water partition coefficient (Wildman–Crippen LogP) is 1.53. The minimum Gasteiger partial charge on any atom is -0.494 e. The van der Waals surface area contributed by atoms with Crippen molar-refractivity contribution in [3.63, 3.8) is 0 Å². The summed E-state index contributed by atoms with van der Waals surface area (Å²) < 4.78 is 24.4. The van der Waals surface area contributed by atoms with E-state index in [4.69, 9.17) is 9.47 Å². The fourth-order valence-electron chi connectivity index (χ4n) is 3.04. The molecule has 2 aromatic rings. The molecule has 1 saturated heterocycles. The van der Waals surface area contributed by atoms with E-state index in [0.717, 1.165) is 12.2 Å². The lowest BCUT2D eigenvalue weighted by atomic mass is 10.0. The molecule has 7 nitrogen and oxygen atoms in total. The van der Waals surface area contributed by atoms with E-state index in [1.54, 1.807) is 18.0 Å². The molecule has 2 atom stereocenters. The Bertz CT molecular complexity index is 723. The van der Waals surface area contributed by atoms with E-state index in [1.807, 2.05) is 0 Å². The number of nitrogens with one attached hydrogen (secondary N) is 1. The number of aromatic amines is 1. The molecule has 0 spiro atoms. The van der Waals surface area contributed by atoms with E-state index in [1.165, 1.54) is 25.6 Å². The van der Waals surface area contributed by atoms with Crippen molar-refractivity contribution in [3.8, 4) is 5.75 Å². The van der Waals surface area contributed by atoms with E-state index in [0.29, 0.717) is 18.7 Å². The van der Waals surface area contributed by atoms with Gasteiger partial charge in [0.2, 0.25) is 5.91 Å². The topological polar surface area (TPSA) is 80.3 Å². The highest BCUT2D eigenvalue weighted by Crippen LogP contribution is 2.29. The summed E-state index contributed by atoms with van der Waals surface area (Å²) in [7, 11) is 3.13. The third-order valence-corrected chi connectivity index (χ3v) is 4.45. The maximum absolute atomic E-state index is 13.8. The zero-order valence-electron chi connectivity index (χ0n) is 14.2. The molecular weight excluding hydrogens is 327 g/mol. The summed E-state index contributed by atoms with van der Waals surface area (Å²) in [5.41, 5.74) is 0.606. The minimum absolute atomic E-state index is 0.0937. The predicted molar refractivity (Wildman–Crippen MR) is 87.8 cm³/mol. The molecule has 3 rings (SSSR count). The quantitative estimate of drug-likeness (QED) is 0.856. The van der Waals surface area contributed by atoms with Gasteiger partial charge in [0, 0.05) is 26.1 Å². The van der Waals surface area contributed by atoms with Gasteiger partial charge in [0.05, 0.1) is 19.6 Å². The third kappa shape index (κ3) is 3.96. The molecule has 8 heteroatoms. The SMILES string of the molecule is COc1ccc(CC(=O)N(C)C[C@H]2OCC[C@H]2c2ncn[nH]2)cc1F. The van der Waals surface area contributed by atoms with Crippen molar-refractivity contribution in [3.05, 3.63) is 41.7 Å². The number of hydrogen-bond acceptors (Lipinski definition) is 5. The van der Waals surface area contributed by atoms with E-state index in [-0.39, 0.29) is 30.1 Å². The van der Waals surface area contributed by atoms with E-state index in [2.05, 4.69) is 15.2 Å². The highest BCUT2D eigenvalue weighted by Gasteiger charge is 2.33. The van der Waals surface area contributed by atoms with Gasteiger partial charge in [-0.05, 0) is 24.1 Å². The van der Waals surface area contributed by atoms with Gasteiger partial charge in [0.25, 0.3) is 0 Å². The monoisotopic (exact) mass is 348 g/mol. The van der Waals surface area contributed by atoms with Crippen LogP contribution in [-0.2, 0) is 16.0 Å². The Morgan fingerprint density at radius 1 is 1.52 bits per heavy atom. The standard InChI is InChI=1S/C17H21FN4O3/c1-22(9-15-12(5-6-25-15)17-19-10-20-21-17)16(23)8-11-3-4-14(24-2)13(18)7-11/h3-4,7,10,12,15H,5-6,8-9H2,1-2H3,(H,19,20,21)/t12-,15-/m1/s1. The lowest BCUT2D eigenvalue weighted by Crippen LogP contribution is -2.37. The van der Waals surface area contributed by atoms with Crippen LogP contribution in [0.1, 0.15) is 23.7 Å². The number of benzene rings is 1. The van der Waals surface area contributed by atoms with Gasteiger partial charge in [-0.1, -0.05) is 6.07 Å². The number of rotatable bonds is 6. The summed E-state index contributed by atoms with van der Waals surface area (Å²) in [5, 5.41) is 6.75. The van der Waals surface area contributed by atoms with Crippen molar-refractivity contribution < 1.29 is 18.7 Å². The number of nitrogens with zero attached hydrogens (tertiary/aromatic N) is 3. The van der Waals surface area contributed by atoms with Crippen molar-refractivity contribution in [2.75, 3.05) is 27.3 Å². The lowest BCUT2D eigenvalue weighted by molar-refractivity contribution is -0.130. The Kier molecular flexibility index (Phi) is 5.28. The molecule has 2 heterocycles. The lowest BCUT2D eigenvalue weighted by Gasteiger charge is -2.24. The van der Waals surface area contributed by atoms with Crippen LogP contribution < -0.4 is 4.74 Å². The smallest absolute Gasteiger partial charge is 0.226 e. The summed E-state index contributed by atoms with van der Waals surface area (Å²) in [5.74, 6) is 0.465. The molecule has 0 radical (unpaired) electrons. The molecule has 1 aliphatic heterocycles. The molecule has 1 fully saturated rings. The molecule has 0 saturated carbocycles. The Morgan fingerprint density at radius 3 is 3.04 bits per heavy atom. The molecule has 0 bridgehead atoms. The van der Waals surface area contributed by atoms with Crippen molar-refractivity contribution >= 4 is 5.91 Å². The molecule has 1 aliphatic rings. The normalized spacial score (nSPS) is 19.8. The van der Waals surface area contributed by atoms with Crippen LogP contribution in [0, 0.1) is 5.82 Å². The van der Waals surface area contributed by atoms with Crippen LogP contribution in [0.25, 0.3) is 0 Å². The highest BCUT2D eigenvalue weighted by molar-refractivity contribution is 5.78. The average Bonchev–Trinajstić information content (AvgIpc) is 3.26. The van der Waals surface area contributed by atoms with Crippen LogP contribution in [0.3, 0.4) is 0 Å². The number of halogens is 1. The van der Waals surface area contributed by atoms with Crippen LogP contribution in [0.2, 0.25) is 0 Å². The first-order valence-corrected chi connectivity index (χ1v) is 8.11. The van der Waals surface area contributed by atoms with E-state index in [9.17, 15) is 9.18 Å². The van der Waals surface area contributed by atoms with Crippen LogP contribution in [0.4, 0.5) is 4.39 Å². The van der Waals surface area contributed by atoms with Gasteiger partial charge in [-0.2, -0.15) is 5.10 Å². The zero-order valence-corrected chi connectivity index (χ0v) is 14.2. The second kappa shape index (κ2) is 7.60. The number of aromatic nitrogens is 3. The number of methoxy groups -OCH3 is 1. The largest absolute Gasteiger partial charge is 0.494 e. The number of amides is 1. The van der Waals surface area contributed by atoms with Crippen molar-refractivity contribution in [2.45, 2.75) is 24.9 Å². The number of H-pyrrole nitrogens is 1. The number of carbonyl (C=O) groups excluding carboxylic acids is 1. The second-order valence-corrected chi connectivity index (χ2v) is 6.10. The first-order valence-electron chi connectivity index (χ1n) is 8.11. The van der Waals surface area contributed by atoms with Gasteiger partial charge in [-0.25, -0.2) is 9.37 Å². The molecule has 25 heavy (non-hydrogen) atoms. The molecule has 1 aromatic carbocycles. The van der Waals surface area contributed by atoms with Gasteiger partial charge in [-0.15, -0.1) is 0 Å². The van der Waals surface area contributed by atoms with E-state index >= 15 is 0 Å². The highest BCUT2D eigenvalue weighted by atomic mass is 19.1. The number of likely N-dealkylation sites (N-methyl/N-ethyl adjacent to an activating group) is 1. The zero-order chi connectivity index (χ0) is 17.8. The van der Waals surface area contributed by atoms with Gasteiger partial charge in [0.15, 0.2) is 11.6 Å². The first kappa shape index (κ1) is 17.3. The van der Waals surface area contributed by atoms with Crippen LogP contribution in [0.15, 0.2) is 24.5 Å². The number of carbonyl (C=O) groups is 1. The molecule has 0 unspecified atom stereocenters. The number of ether oxygens (including phenoxy) is 2. The van der Waals surface area contributed by atoms with Crippen molar-refractivity contribution in [1.82, 2.24) is 20.1 Å².